The lowest BCUT2D eigenvalue weighted by atomic mass is 10.1. The van der Waals surface area contributed by atoms with Gasteiger partial charge in [0, 0.05) is 12.1 Å². The average Bonchev–Trinajstić information content (AvgIpc) is 3.01. The van der Waals surface area contributed by atoms with Gasteiger partial charge in [-0.05, 0) is 25.0 Å². The molecule has 0 aliphatic carbocycles. The molecule has 94 valence electrons. The van der Waals surface area contributed by atoms with Gasteiger partial charge in [-0.2, -0.15) is 0 Å². The van der Waals surface area contributed by atoms with Gasteiger partial charge in [-0.25, -0.2) is 0 Å². The van der Waals surface area contributed by atoms with E-state index < -0.39 is 0 Å². The quantitative estimate of drug-likeness (QED) is 0.744. The fourth-order valence-electron chi connectivity index (χ4n) is 2.74. The van der Waals surface area contributed by atoms with Gasteiger partial charge < -0.3 is 9.64 Å². The first-order valence-electron chi connectivity index (χ1n) is 6.40. The molecule has 0 saturated carbocycles. The molecule has 2 heterocycles. The third kappa shape index (κ3) is 2.06. The van der Waals surface area contributed by atoms with Gasteiger partial charge in [-0.3, -0.25) is 4.79 Å². The summed E-state index contributed by atoms with van der Waals surface area (Å²) in [5.74, 6) is 0.148. The Labute approximate surface area is 107 Å². The van der Waals surface area contributed by atoms with E-state index >= 15 is 0 Å². The Morgan fingerprint density at radius 1 is 1.39 bits per heavy atom. The van der Waals surface area contributed by atoms with E-state index in [1.165, 1.54) is 0 Å². The largest absolute Gasteiger partial charge is 0.374 e. The number of fused-ring (bicyclic) bond motifs is 2. The molecule has 0 radical (unpaired) electrons. The fraction of sp³-hybridized carbons (Fsp3) is 0.400. The SMILES string of the molecule is C/C(=C\c1ccccc1)C(=O)N1CC2CC1CO2. The van der Waals surface area contributed by atoms with Crippen LogP contribution in [-0.4, -0.2) is 36.1 Å². The second kappa shape index (κ2) is 4.58. The first-order chi connectivity index (χ1) is 8.74. The van der Waals surface area contributed by atoms with Crippen molar-refractivity contribution >= 4 is 12.0 Å². The fourth-order valence-corrected chi connectivity index (χ4v) is 2.74. The molecule has 2 atom stereocenters. The van der Waals surface area contributed by atoms with Crippen LogP contribution in [0, 0.1) is 0 Å². The number of amides is 1. The molecule has 3 nitrogen and oxygen atoms in total. The number of ether oxygens (including phenoxy) is 1. The van der Waals surface area contributed by atoms with Crippen LogP contribution in [0.4, 0.5) is 0 Å². The molecule has 1 aromatic carbocycles. The zero-order valence-corrected chi connectivity index (χ0v) is 10.5. The van der Waals surface area contributed by atoms with Gasteiger partial charge in [-0.15, -0.1) is 0 Å². The summed E-state index contributed by atoms with van der Waals surface area (Å²) in [5, 5.41) is 0. The predicted octanol–water partition coefficient (Wildman–Crippen LogP) is 2.09. The van der Waals surface area contributed by atoms with Crippen LogP contribution in [0.3, 0.4) is 0 Å². The zero-order chi connectivity index (χ0) is 12.5. The van der Waals surface area contributed by atoms with E-state index in [9.17, 15) is 4.79 Å². The van der Waals surface area contributed by atoms with Crippen molar-refractivity contribution in [2.24, 2.45) is 0 Å². The van der Waals surface area contributed by atoms with Crippen molar-refractivity contribution in [1.82, 2.24) is 4.90 Å². The smallest absolute Gasteiger partial charge is 0.249 e. The lowest BCUT2D eigenvalue weighted by molar-refractivity contribution is -0.131. The van der Waals surface area contributed by atoms with Gasteiger partial charge in [0.25, 0.3) is 0 Å². The molecular formula is C15H17NO2. The Morgan fingerprint density at radius 2 is 2.17 bits per heavy atom. The molecule has 2 saturated heterocycles. The molecule has 0 N–H and O–H groups in total. The van der Waals surface area contributed by atoms with Crippen LogP contribution in [-0.2, 0) is 9.53 Å². The van der Waals surface area contributed by atoms with Crippen LogP contribution < -0.4 is 0 Å². The summed E-state index contributed by atoms with van der Waals surface area (Å²) in [6, 6.07) is 10.3. The van der Waals surface area contributed by atoms with Crippen molar-refractivity contribution in [2.75, 3.05) is 13.2 Å². The third-order valence-electron chi connectivity index (χ3n) is 3.68. The van der Waals surface area contributed by atoms with Crippen molar-refractivity contribution in [3.8, 4) is 0 Å². The molecule has 1 aromatic rings. The van der Waals surface area contributed by atoms with Gasteiger partial charge in [0.15, 0.2) is 0 Å². The molecule has 2 unspecified atom stereocenters. The molecule has 2 fully saturated rings. The molecule has 2 bridgehead atoms. The molecule has 18 heavy (non-hydrogen) atoms. The number of carbonyl (C=O) groups excluding carboxylic acids is 1. The molecule has 2 aliphatic rings. The minimum Gasteiger partial charge on any atom is -0.374 e. The van der Waals surface area contributed by atoms with E-state index in [1.807, 2.05) is 48.2 Å². The van der Waals surface area contributed by atoms with Gasteiger partial charge in [-0.1, -0.05) is 30.3 Å². The average molecular weight is 243 g/mol. The maximum absolute atomic E-state index is 12.3. The summed E-state index contributed by atoms with van der Waals surface area (Å²) in [4.78, 5) is 14.3. The number of rotatable bonds is 2. The Morgan fingerprint density at radius 3 is 2.78 bits per heavy atom. The van der Waals surface area contributed by atoms with Crippen LogP contribution >= 0.6 is 0 Å². The third-order valence-corrected chi connectivity index (χ3v) is 3.68. The van der Waals surface area contributed by atoms with E-state index in [0.717, 1.165) is 24.1 Å². The van der Waals surface area contributed by atoms with Gasteiger partial charge in [0.05, 0.1) is 18.8 Å². The maximum Gasteiger partial charge on any atom is 0.249 e. The minimum atomic E-state index is 0.148. The van der Waals surface area contributed by atoms with E-state index in [-0.39, 0.29) is 12.0 Å². The number of carbonyl (C=O) groups is 1. The second-order valence-corrected chi connectivity index (χ2v) is 5.04. The van der Waals surface area contributed by atoms with Crippen molar-refractivity contribution in [1.29, 1.82) is 0 Å². The minimum absolute atomic E-state index is 0.148. The summed E-state index contributed by atoms with van der Waals surface area (Å²) < 4.78 is 5.52. The first kappa shape index (κ1) is 11.5. The summed E-state index contributed by atoms with van der Waals surface area (Å²) in [7, 11) is 0. The van der Waals surface area contributed by atoms with Crippen LogP contribution in [0.15, 0.2) is 35.9 Å². The summed E-state index contributed by atoms with van der Waals surface area (Å²) in [5.41, 5.74) is 1.87. The van der Waals surface area contributed by atoms with Crippen LogP contribution in [0.2, 0.25) is 0 Å². The van der Waals surface area contributed by atoms with Gasteiger partial charge in [0.2, 0.25) is 5.91 Å². The highest BCUT2D eigenvalue weighted by Gasteiger charge is 2.41. The molecule has 3 heteroatoms. The van der Waals surface area contributed by atoms with Gasteiger partial charge >= 0.3 is 0 Å². The standard InChI is InChI=1S/C15H17NO2/c1-11(7-12-5-3-2-4-6-12)15(17)16-9-14-8-13(16)10-18-14/h2-7,13-14H,8-10H2,1H3/b11-7+. The zero-order valence-electron chi connectivity index (χ0n) is 10.5. The van der Waals surface area contributed by atoms with Crippen LogP contribution in [0.5, 0.6) is 0 Å². The van der Waals surface area contributed by atoms with Crippen molar-refractivity contribution in [3.05, 3.63) is 41.5 Å². The molecule has 0 aromatic heterocycles. The summed E-state index contributed by atoms with van der Waals surface area (Å²) in [6.07, 6.45) is 3.22. The number of hydrogen-bond acceptors (Lipinski definition) is 2. The summed E-state index contributed by atoms with van der Waals surface area (Å²) >= 11 is 0. The number of hydrogen-bond donors (Lipinski definition) is 0. The van der Waals surface area contributed by atoms with Crippen molar-refractivity contribution in [2.45, 2.75) is 25.5 Å². The normalized spacial score (nSPS) is 26.7. The van der Waals surface area contributed by atoms with E-state index in [0.29, 0.717) is 12.6 Å². The molecule has 0 spiro atoms. The van der Waals surface area contributed by atoms with Crippen LogP contribution in [0.25, 0.3) is 6.08 Å². The molecule has 3 rings (SSSR count). The Balaban J connectivity index is 1.75. The highest BCUT2D eigenvalue weighted by Crippen LogP contribution is 2.29. The Kier molecular flexibility index (Phi) is 2.92. The lowest BCUT2D eigenvalue weighted by Gasteiger charge is -2.27. The monoisotopic (exact) mass is 243 g/mol. The lowest BCUT2D eigenvalue weighted by Crippen LogP contribution is -2.41. The molecule has 1 amide bonds. The number of benzene rings is 1. The van der Waals surface area contributed by atoms with Crippen LogP contribution in [0.1, 0.15) is 18.9 Å². The molecular weight excluding hydrogens is 226 g/mol. The second-order valence-electron chi connectivity index (χ2n) is 5.04. The summed E-state index contributed by atoms with van der Waals surface area (Å²) in [6.45, 7) is 3.35. The Bertz CT molecular complexity index is 481. The Hall–Kier alpha value is -1.61. The molecule has 2 aliphatic heterocycles. The number of morpholine rings is 1. The van der Waals surface area contributed by atoms with Gasteiger partial charge in [0.1, 0.15) is 0 Å². The van der Waals surface area contributed by atoms with Crippen molar-refractivity contribution in [3.63, 3.8) is 0 Å². The first-order valence-corrected chi connectivity index (χ1v) is 6.40. The van der Waals surface area contributed by atoms with Crippen molar-refractivity contribution < 1.29 is 9.53 Å². The highest BCUT2D eigenvalue weighted by atomic mass is 16.5. The van der Waals surface area contributed by atoms with E-state index in [2.05, 4.69) is 0 Å². The highest BCUT2D eigenvalue weighted by molar-refractivity contribution is 5.97. The maximum atomic E-state index is 12.3. The van der Waals surface area contributed by atoms with E-state index in [1.54, 1.807) is 0 Å². The predicted molar refractivity (Wildman–Crippen MR) is 70.0 cm³/mol. The van der Waals surface area contributed by atoms with E-state index in [4.69, 9.17) is 4.74 Å². The number of likely N-dealkylation sites (tertiary alicyclic amines) is 1. The number of nitrogens with zero attached hydrogens (tertiary/aromatic N) is 1. The topological polar surface area (TPSA) is 29.5 Å².